The molecule has 2 rings (SSSR count). The highest BCUT2D eigenvalue weighted by molar-refractivity contribution is 7.12. The van der Waals surface area contributed by atoms with Gasteiger partial charge >= 0.3 is 5.97 Å². The van der Waals surface area contributed by atoms with Crippen molar-refractivity contribution in [2.24, 2.45) is 0 Å². The number of hydrogen-bond acceptors (Lipinski definition) is 6. The van der Waals surface area contributed by atoms with Crippen LogP contribution in [0, 0.1) is 6.92 Å². The summed E-state index contributed by atoms with van der Waals surface area (Å²) in [6, 6.07) is 1.76. The van der Waals surface area contributed by atoms with Gasteiger partial charge in [-0.25, -0.2) is 4.79 Å². The quantitative estimate of drug-likeness (QED) is 0.906. The molecule has 0 spiro atoms. The minimum atomic E-state index is -0.889. The van der Waals surface area contributed by atoms with Crippen LogP contribution in [0.5, 0.6) is 0 Å². The number of carboxylic acid groups (broad SMARTS) is 1. The van der Waals surface area contributed by atoms with Crippen LogP contribution < -0.4 is 0 Å². The van der Waals surface area contributed by atoms with E-state index in [2.05, 4.69) is 10.1 Å². The minimum absolute atomic E-state index is 0.0669. The Morgan fingerprint density at radius 2 is 2.37 bits per heavy atom. The summed E-state index contributed by atoms with van der Waals surface area (Å²) in [6.07, 6.45) is 0. The van der Waals surface area contributed by atoms with Crippen LogP contribution in [0.2, 0.25) is 0 Å². The molecule has 0 amide bonds. The van der Waals surface area contributed by atoms with Crippen LogP contribution in [0.4, 0.5) is 0 Å². The standard InChI is InChI=1S/C12H15N3O3S/c1-7(11-13-8(2)14-18-11)15(3)6-9-4-5-19-10(9)12(16)17/h4-5,7H,6H2,1-3H3,(H,16,17). The van der Waals surface area contributed by atoms with Crippen molar-refractivity contribution in [2.75, 3.05) is 7.05 Å². The molecular formula is C12H15N3O3S. The van der Waals surface area contributed by atoms with Crippen LogP contribution in [0.1, 0.15) is 39.9 Å². The zero-order chi connectivity index (χ0) is 14.0. The zero-order valence-electron chi connectivity index (χ0n) is 11.0. The first kappa shape index (κ1) is 13.7. The third-order valence-electron chi connectivity index (χ3n) is 2.92. The number of carboxylic acids is 1. The Morgan fingerprint density at radius 1 is 1.63 bits per heavy atom. The van der Waals surface area contributed by atoms with Crippen LogP contribution in [-0.4, -0.2) is 33.2 Å². The van der Waals surface area contributed by atoms with Gasteiger partial charge in [-0.1, -0.05) is 5.16 Å². The van der Waals surface area contributed by atoms with Crippen molar-refractivity contribution < 1.29 is 14.4 Å². The van der Waals surface area contributed by atoms with Gasteiger partial charge in [0.1, 0.15) is 4.88 Å². The van der Waals surface area contributed by atoms with E-state index in [1.807, 2.05) is 24.9 Å². The molecule has 0 fully saturated rings. The summed E-state index contributed by atoms with van der Waals surface area (Å²) in [5.74, 6) is 0.240. The molecule has 2 aromatic heterocycles. The normalized spacial score (nSPS) is 12.8. The summed E-state index contributed by atoms with van der Waals surface area (Å²) in [7, 11) is 1.90. The predicted octanol–water partition coefficient (Wildman–Crippen LogP) is 2.33. The fourth-order valence-electron chi connectivity index (χ4n) is 1.72. The van der Waals surface area contributed by atoms with Crippen molar-refractivity contribution in [1.29, 1.82) is 0 Å². The molecule has 102 valence electrons. The summed E-state index contributed by atoms with van der Waals surface area (Å²) in [6.45, 7) is 4.23. The van der Waals surface area contributed by atoms with Crippen LogP contribution in [0.15, 0.2) is 16.0 Å². The Morgan fingerprint density at radius 3 is 2.95 bits per heavy atom. The molecule has 7 heteroatoms. The highest BCUT2D eigenvalue weighted by Gasteiger charge is 2.20. The van der Waals surface area contributed by atoms with Gasteiger partial charge in [0, 0.05) is 6.54 Å². The number of hydrogen-bond donors (Lipinski definition) is 1. The minimum Gasteiger partial charge on any atom is -0.477 e. The van der Waals surface area contributed by atoms with Gasteiger partial charge in [-0.05, 0) is 37.9 Å². The van der Waals surface area contributed by atoms with E-state index in [-0.39, 0.29) is 6.04 Å². The van der Waals surface area contributed by atoms with Gasteiger partial charge in [0.05, 0.1) is 6.04 Å². The molecule has 0 aliphatic carbocycles. The van der Waals surface area contributed by atoms with E-state index in [0.717, 1.165) is 5.56 Å². The van der Waals surface area contributed by atoms with Crippen LogP contribution >= 0.6 is 11.3 Å². The molecule has 19 heavy (non-hydrogen) atoms. The van der Waals surface area contributed by atoms with E-state index < -0.39 is 5.97 Å². The maximum atomic E-state index is 11.1. The van der Waals surface area contributed by atoms with Crippen molar-refractivity contribution in [2.45, 2.75) is 26.4 Å². The highest BCUT2D eigenvalue weighted by Crippen LogP contribution is 2.23. The molecule has 2 aromatic rings. The molecule has 0 aromatic carbocycles. The first-order valence-electron chi connectivity index (χ1n) is 5.79. The monoisotopic (exact) mass is 281 g/mol. The Labute approximate surface area is 114 Å². The van der Waals surface area contributed by atoms with Gasteiger partial charge in [-0.2, -0.15) is 4.98 Å². The number of carbonyl (C=O) groups is 1. The van der Waals surface area contributed by atoms with Gasteiger partial charge in [-0.3, -0.25) is 4.90 Å². The number of thiophene rings is 1. The van der Waals surface area contributed by atoms with Gasteiger partial charge in [0.15, 0.2) is 5.82 Å². The Balaban J connectivity index is 2.10. The molecular weight excluding hydrogens is 266 g/mol. The largest absolute Gasteiger partial charge is 0.477 e. The number of aromatic carboxylic acids is 1. The Hall–Kier alpha value is -1.73. The second-order valence-corrected chi connectivity index (χ2v) is 5.27. The van der Waals surface area contributed by atoms with Crippen molar-refractivity contribution in [3.63, 3.8) is 0 Å². The van der Waals surface area contributed by atoms with Crippen molar-refractivity contribution in [1.82, 2.24) is 15.0 Å². The molecule has 6 nitrogen and oxygen atoms in total. The second-order valence-electron chi connectivity index (χ2n) is 4.35. The number of rotatable bonds is 5. The number of aryl methyl sites for hydroxylation is 1. The molecule has 0 bridgehead atoms. The highest BCUT2D eigenvalue weighted by atomic mass is 32.1. The van der Waals surface area contributed by atoms with Crippen molar-refractivity contribution >= 4 is 17.3 Å². The number of aromatic nitrogens is 2. The molecule has 1 N–H and O–H groups in total. The van der Waals surface area contributed by atoms with Crippen molar-refractivity contribution in [3.05, 3.63) is 33.6 Å². The van der Waals surface area contributed by atoms with E-state index in [4.69, 9.17) is 9.63 Å². The first-order chi connectivity index (χ1) is 8.99. The van der Waals surface area contributed by atoms with E-state index in [1.54, 1.807) is 12.3 Å². The van der Waals surface area contributed by atoms with Gasteiger partial charge < -0.3 is 9.63 Å². The maximum absolute atomic E-state index is 11.1. The molecule has 0 radical (unpaired) electrons. The fraction of sp³-hybridized carbons (Fsp3) is 0.417. The van der Waals surface area contributed by atoms with E-state index in [1.165, 1.54) is 11.3 Å². The lowest BCUT2D eigenvalue weighted by Gasteiger charge is -2.21. The fourth-order valence-corrected chi connectivity index (χ4v) is 2.48. The van der Waals surface area contributed by atoms with Crippen molar-refractivity contribution in [3.8, 4) is 0 Å². The molecule has 2 heterocycles. The third-order valence-corrected chi connectivity index (χ3v) is 3.87. The topological polar surface area (TPSA) is 79.5 Å². The summed E-state index contributed by atoms with van der Waals surface area (Å²) >= 11 is 1.23. The van der Waals surface area contributed by atoms with E-state index in [9.17, 15) is 4.79 Å². The molecule has 1 atom stereocenters. The van der Waals surface area contributed by atoms with Crippen LogP contribution in [-0.2, 0) is 6.54 Å². The van der Waals surface area contributed by atoms with E-state index in [0.29, 0.717) is 23.1 Å². The lowest BCUT2D eigenvalue weighted by Crippen LogP contribution is -2.22. The first-order valence-corrected chi connectivity index (χ1v) is 6.67. The predicted molar refractivity (Wildman–Crippen MR) is 70.2 cm³/mol. The Bertz CT molecular complexity index is 578. The SMILES string of the molecule is Cc1noc(C(C)N(C)Cc2ccsc2C(=O)O)n1. The lowest BCUT2D eigenvalue weighted by molar-refractivity contribution is 0.0699. The summed E-state index contributed by atoms with van der Waals surface area (Å²) in [5, 5.41) is 14.6. The Kier molecular flexibility index (Phi) is 3.96. The smallest absolute Gasteiger partial charge is 0.346 e. The second kappa shape index (κ2) is 5.50. The summed E-state index contributed by atoms with van der Waals surface area (Å²) in [5.41, 5.74) is 0.795. The van der Waals surface area contributed by atoms with Gasteiger partial charge in [0.2, 0.25) is 5.89 Å². The lowest BCUT2D eigenvalue weighted by atomic mass is 10.2. The molecule has 0 saturated heterocycles. The molecule has 1 unspecified atom stereocenters. The molecule has 0 aliphatic rings. The third kappa shape index (κ3) is 2.99. The zero-order valence-corrected chi connectivity index (χ0v) is 11.8. The average molecular weight is 281 g/mol. The van der Waals surface area contributed by atoms with Crippen LogP contribution in [0.3, 0.4) is 0 Å². The molecule has 0 aliphatic heterocycles. The van der Waals surface area contributed by atoms with E-state index >= 15 is 0 Å². The number of nitrogens with zero attached hydrogens (tertiary/aromatic N) is 3. The molecule has 0 saturated carbocycles. The van der Waals surface area contributed by atoms with Gasteiger partial charge in [-0.15, -0.1) is 11.3 Å². The summed E-state index contributed by atoms with van der Waals surface area (Å²) < 4.78 is 5.13. The average Bonchev–Trinajstić information content (AvgIpc) is 2.97. The van der Waals surface area contributed by atoms with Crippen LogP contribution in [0.25, 0.3) is 0 Å². The summed E-state index contributed by atoms with van der Waals surface area (Å²) in [4.78, 5) is 17.6. The van der Waals surface area contributed by atoms with Gasteiger partial charge in [0.25, 0.3) is 0 Å². The maximum Gasteiger partial charge on any atom is 0.346 e.